The van der Waals surface area contributed by atoms with E-state index in [0.717, 1.165) is 13.1 Å². The summed E-state index contributed by atoms with van der Waals surface area (Å²) in [5.41, 5.74) is 6.51. The summed E-state index contributed by atoms with van der Waals surface area (Å²) in [6.45, 7) is 8.97. The van der Waals surface area contributed by atoms with Crippen LogP contribution < -0.4 is 4.90 Å². The van der Waals surface area contributed by atoms with Crippen LogP contribution in [0.15, 0.2) is 84.5 Å². The van der Waals surface area contributed by atoms with Crippen molar-refractivity contribution in [3.8, 4) is 0 Å². The second-order valence-corrected chi connectivity index (χ2v) is 8.22. The molecule has 2 aromatic carbocycles. The Kier molecular flexibility index (Phi) is 6.86. The monoisotopic (exact) mass is 398 g/mol. The molecule has 0 aromatic heterocycles. The van der Waals surface area contributed by atoms with Gasteiger partial charge in [-0.2, -0.15) is 0 Å². The highest BCUT2D eigenvalue weighted by atomic mass is 15.1. The molecule has 0 N–H and O–H groups in total. The van der Waals surface area contributed by atoms with Crippen LogP contribution in [0.1, 0.15) is 44.2 Å². The van der Waals surface area contributed by atoms with E-state index in [4.69, 9.17) is 0 Å². The summed E-state index contributed by atoms with van der Waals surface area (Å²) in [6, 6.07) is 20.4. The van der Waals surface area contributed by atoms with Crippen LogP contribution in [0, 0.1) is 0 Å². The van der Waals surface area contributed by atoms with Gasteiger partial charge in [-0.25, -0.2) is 0 Å². The van der Waals surface area contributed by atoms with Crippen molar-refractivity contribution in [1.29, 1.82) is 0 Å². The molecule has 2 aromatic rings. The Labute approximate surface area is 182 Å². The minimum absolute atomic E-state index is 0.391. The van der Waals surface area contributed by atoms with E-state index in [0.29, 0.717) is 6.04 Å². The Morgan fingerprint density at radius 3 is 2.00 bits per heavy atom. The summed E-state index contributed by atoms with van der Waals surface area (Å²) in [5.74, 6) is 0. The lowest BCUT2D eigenvalue weighted by Crippen LogP contribution is -2.32. The van der Waals surface area contributed by atoms with Crippen molar-refractivity contribution >= 4 is 11.3 Å². The van der Waals surface area contributed by atoms with Crippen molar-refractivity contribution in [3.05, 3.63) is 95.6 Å². The molecule has 156 valence electrons. The Hall–Kier alpha value is -2.58. The molecule has 1 saturated heterocycles. The minimum Gasteiger partial charge on any atom is -0.372 e. The summed E-state index contributed by atoms with van der Waals surface area (Å²) >= 11 is 0. The number of hydrogen-bond acceptors (Lipinski definition) is 2. The van der Waals surface area contributed by atoms with Crippen molar-refractivity contribution in [2.75, 3.05) is 31.1 Å². The van der Waals surface area contributed by atoms with Gasteiger partial charge in [0.15, 0.2) is 0 Å². The van der Waals surface area contributed by atoms with Gasteiger partial charge >= 0.3 is 0 Å². The molecule has 1 heterocycles. The molecule has 1 aliphatic heterocycles. The standard InChI is InChI=1S/C28H34N2/c1-3-29(4-2)26-17-13-24(14-18-26)28(23-11-7-5-8-12-23)25-15-19-27(20-16-25)30-21-9-6-10-22-30/h5,7-8,11-20,26H,3-4,6,9-10,21-22H2,1-2H3. The molecule has 0 amide bonds. The van der Waals surface area contributed by atoms with E-state index in [1.807, 2.05) is 0 Å². The fraction of sp³-hybridized carbons (Fsp3) is 0.357. The normalized spacial score (nSPS) is 18.8. The van der Waals surface area contributed by atoms with E-state index in [2.05, 4.69) is 103 Å². The van der Waals surface area contributed by atoms with E-state index < -0.39 is 0 Å². The maximum absolute atomic E-state index is 2.53. The number of hydrogen-bond donors (Lipinski definition) is 0. The van der Waals surface area contributed by atoms with Gasteiger partial charge < -0.3 is 4.90 Å². The maximum atomic E-state index is 2.53. The first kappa shape index (κ1) is 20.7. The highest BCUT2D eigenvalue weighted by Crippen LogP contribution is 2.32. The maximum Gasteiger partial charge on any atom is 0.0467 e. The van der Waals surface area contributed by atoms with Crippen LogP contribution in [0.5, 0.6) is 0 Å². The SMILES string of the molecule is CCN(CC)C1C=CC(=C(c2ccccc2)c2ccc(N3CCCCC3)cc2)C=C1. The van der Waals surface area contributed by atoms with Gasteiger partial charge in [0.05, 0.1) is 0 Å². The van der Waals surface area contributed by atoms with Crippen LogP contribution in [0.4, 0.5) is 5.69 Å². The lowest BCUT2D eigenvalue weighted by Gasteiger charge is -2.29. The molecule has 1 fully saturated rings. The van der Waals surface area contributed by atoms with Gasteiger partial charge in [-0.3, -0.25) is 4.90 Å². The first-order valence-electron chi connectivity index (χ1n) is 11.6. The Morgan fingerprint density at radius 1 is 0.800 bits per heavy atom. The number of rotatable bonds is 6. The van der Waals surface area contributed by atoms with Crippen molar-refractivity contribution in [2.45, 2.75) is 39.2 Å². The van der Waals surface area contributed by atoms with Crippen molar-refractivity contribution in [3.63, 3.8) is 0 Å². The molecule has 0 atom stereocenters. The summed E-state index contributed by atoms with van der Waals surface area (Å²) < 4.78 is 0. The van der Waals surface area contributed by atoms with Gasteiger partial charge in [0, 0.05) is 24.8 Å². The van der Waals surface area contributed by atoms with Crippen LogP contribution >= 0.6 is 0 Å². The Balaban J connectivity index is 1.67. The molecule has 0 bridgehead atoms. The average molecular weight is 399 g/mol. The van der Waals surface area contributed by atoms with E-state index in [1.165, 1.54) is 60.3 Å². The van der Waals surface area contributed by atoms with Gasteiger partial charge in [-0.1, -0.05) is 80.6 Å². The summed E-state index contributed by atoms with van der Waals surface area (Å²) in [4.78, 5) is 5.00. The van der Waals surface area contributed by atoms with E-state index in [-0.39, 0.29) is 0 Å². The van der Waals surface area contributed by atoms with Crippen LogP contribution in [-0.2, 0) is 0 Å². The number of allylic oxidation sites excluding steroid dienone is 3. The third-order valence-electron chi connectivity index (χ3n) is 6.41. The zero-order chi connectivity index (χ0) is 20.8. The topological polar surface area (TPSA) is 6.48 Å². The van der Waals surface area contributed by atoms with Gasteiger partial charge in [0.1, 0.15) is 0 Å². The van der Waals surface area contributed by atoms with Gasteiger partial charge in [0.25, 0.3) is 0 Å². The van der Waals surface area contributed by atoms with E-state index in [1.54, 1.807) is 0 Å². The first-order chi connectivity index (χ1) is 14.8. The predicted octanol–water partition coefficient (Wildman–Crippen LogP) is 6.32. The Morgan fingerprint density at radius 2 is 1.40 bits per heavy atom. The lowest BCUT2D eigenvalue weighted by molar-refractivity contribution is 0.287. The van der Waals surface area contributed by atoms with Crippen LogP contribution in [0.3, 0.4) is 0 Å². The van der Waals surface area contributed by atoms with E-state index in [9.17, 15) is 0 Å². The second-order valence-electron chi connectivity index (χ2n) is 8.22. The molecule has 4 rings (SSSR count). The number of likely N-dealkylation sites (N-methyl/N-ethyl adjacent to an activating group) is 1. The van der Waals surface area contributed by atoms with Crippen molar-refractivity contribution < 1.29 is 0 Å². The van der Waals surface area contributed by atoms with Crippen LogP contribution in [0.2, 0.25) is 0 Å². The number of nitrogens with zero attached hydrogens (tertiary/aromatic N) is 2. The zero-order valence-electron chi connectivity index (χ0n) is 18.4. The summed E-state index contributed by atoms with van der Waals surface area (Å²) in [5, 5.41) is 0. The second kappa shape index (κ2) is 9.95. The molecular formula is C28H34N2. The van der Waals surface area contributed by atoms with E-state index >= 15 is 0 Å². The highest BCUT2D eigenvalue weighted by Gasteiger charge is 2.16. The smallest absolute Gasteiger partial charge is 0.0467 e. The highest BCUT2D eigenvalue weighted by molar-refractivity contribution is 5.86. The van der Waals surface area contributed by atoms with Gasteiger partial charge in [0.2, 0.25) is 0 Å². The number of piperidine rings is 1. The molecule has 1 aliphatic carbocycles. The molecule has 2 nitrogen and oxygen atoms in total. The van der Waals surface area contributed by atoms with Crippen LogP contribution in [0.25, 0.3) is 5.57 Å². The van der Waals surface area contributed by atoms with Crippen LogP contribution in [-0.4, -0.2) is 37.1 Å². The third-order valence-corrected chi connectivity index (χ3v) is 6.41. The fourth-order valence-electron chi connectivity index (χ4n) is 4.68. The number of benzene rings is 2. The fourth-order valence-corrected chi connectivity index (χ4v) is 4.68. The van der Waals surface area contributed by atoms with Gasteiger partial charge in [-0.15, -0.1) is 0 Å². The first-order valence-corrected chi connectivity index (χ1v) is 11.6. The molecule has 0 unspecified atom stereocenters. The largest absolute Gasteiger partial charge is 0.372 e. The molecule has 2 heteroatoms. The van der Waals surface area contributed by atoms with Gasteiger partial charge in [-0.05, 0) is 66.8 Å². The molecular weight excluding hydrogens is 364 g/mol. The molecule has 0 spiro atoms. The molecule has 0 radical (unpaired) electrons. The molecule has 2 aliphatic rings. The van der Waals surface area contributed by atoms with Crippen molar-refractivity contribution in [1.82, 2.24) is 4.90 Å². The quantitative estimate of drug-likeness (QED) is 0.562. The number of anilines is 1. The zero-order valence-corrected chi connectivity index (χ0v) is 18.4. The molecule has 0 saturated carbocycles. The molecule has 30 heavy (non-hydrogen) atoms. The average Bonchev–Trinajstić information content (AvgIpc) is 2.83. The summed E-state index contributed by atoms with van der Waals surface area (Å²) in [6.07, 6.45) is 13.3. The third kappa shape index (κ3) is 4.60. The lowest BCUT2D eigenvalue weighted by atomic mass is 9.90. The van der Waals surface area contributed by atoms with Crippen molar-refractivity contribution in [2.24, 2.45) is 0 Å². The predicted molar refractivity (Wildman–Crippen MR) is 130 cm³/mol. The minimum atomic E-state index is 0.391. The Bertz CT molecular complexity index is 879. The summed E-state index contributed by atoms with van der Waals surface area (Å²) in [7, 11) is 0.